The molecule has 2 aromatic heterocycles. The minimum Gasteiger partial charge on any atom is -0.317 e. The predicted octanol–water partition coefficient (Wildman–Crippen LogP) is 2.08. The van der Waals surface area contributed by atoms with Crippen molar-refractivity contribution in [3.8, 4) is 0 Å². The van der Waals surface area contributed by atoms with Crippen LogP contribution in [0.1, 0.15) is 40.9 Å². The molecule has 1 saturated heterocycles. The standard InChI is InChI=1S/C14H19N5OS/c1-2-19-9-11(7-17-19)13(20)18-14-16-8-12(21-14)10-3-5-15-6-4-10/h7-10,15H,2-6H2,1H3,(H,16,18,20). The van der Waals surface area contributed by atoms with Gasteiger partial charge < -0.3 is 5.32 Å². The van der Waals surface area contributed by atoms with E-state index in [1.807, 2.05) is 13.1 Å². The van der Waals surface area contributed by atoms with Crippen LogP contribution in [0.4, 0.5) is 5.13 Å². The highest BCUT2D eigenvalue weighted by Crippen LogP contribution is 2.31. The number of nitrogens with one attached hydrogen (secondary N) is 2. The molecule has 0 atom stereocenters. The first-order valence-electron chi connectivity index (χ1n) is 7.26. The molecular formula is C14H19N5OS. The van der Waals surface area contributed by atoms with Gasteiger partial charge in [0, 0.05) is 23.8 Å². The van der Waals surface area contributed by atoms with Gasteiger partial charge in [0.15, 0.2) is 5.13 Å². The Kier molecular flexibility index (Phi) is 4.31. The van der Waals surface area contributed by atoms with Crippen LogP contribution in [-0.2, 0) is 6.54 Å². The van der Waals surface area contributed by atoms with E-state index in [4.69, 9.17) is 0 Å². The van der Waals surface area contributed by atoms with Crippen molar-refractivity contribution in [1.29, 1.82) is 0 Å². The fourth-order valence-electron chi connectivity index (χ4n) is 2.46. The number of thiazole rings is 1. The van der Waals surface area contributed by atoms with Crippen LogP contribution in [0.3, 0.4) is 0 Å². The van der Waals surface area contributed by atoms with E-state index < -0.39 is 0 Å². The summed E-state index contributed by atoms with van der Waals surface area (Å²) in [5.41, 5.74) is 0.565. The smallest absolute Gasteiger partial charge is 0.260 e. The molecule has 3 heterocycles. The predicted molar refractivity (Wildman–Crippen MR) is 82.8 cm³/mol. The molecule has 0 aromatic carbocycles. The lowest BCUT2D eigenvalue weighted by molar-refractivity contribution is 0.102. The minimum atomic E-state index is -0.152. The number of anilines is 1. The molecule has 1 fully saturated rings. The Morgan fingerprint density at radius 1 is 1.48 bits per heavy atom. The molecule has 21 heavy (non-hydrogen) atoms. The maximum absolute atomic E-state index is 12.1. The van der Waals surface area contributed by atoms with E-state index >= 15 is 0 Å². The number of nitrogens with zero attached hydrogens (tertiary/aromatic N) is 3. The number of carbonyl (C=O) groups is 1. The Bertz CT molecular complexity index is 614. The van der Waals surface area contributed by atoms with E-state index in [0.29, 0.717) is 16.6 Å². The van der Waals surface area contributed by atoms with E-state index in [0.717, 1.165) is 32.5 Å². The number of rotatable bonds is 4. The van der Waals surface area contributed by atoms with Crippen molar-refractivity contribution < 1.29 is 4.79 Å². The third-order valence-corrected chi connectivity index (χ3v) is 4.78. The van der Waals surface area contributed by atoms with Crippen molar-refractivity contribution >= 4 is 22.4 Å². The molecule has 2 N–H and O–H groups in total. The molecule has 0 spiro atoms. The Labute approximate surface area is 127 Å². The van der Waals surface area contributed by atoms with Gasteiger partial charge in [0.1, 0.15) is 0 Å². The summed E-state index contributed by atoms with van der Waals surface area (Å²) >= 11 is 1.58. The normalized spacial score (nSPS) is 16.0. The number of hydrogen-bond acceptors (Lipinski definition) is 5. The molecule has 0 radical (unpaired) electrons. The average Bonchev–Trinajstić information content (AvgIpc) is 3.17. The highest BCUT2D eigenvalue weighted by atomic mass is 32.1. The van der Waals surface area contributed by atoms with Crippen LogP contribution in [0.25, 0.3) is 0 Å². The molecule has 0 aliphatic carbocycles. The summed E-state index contributed by atoms with van der Waals surface area (Å²) in [6, 6.07) is 0. The SMILES string of the molecule is CCn1cc(C(=O)Nc2ncc(C3CCNCC3)s2)cn1. The number of piperidine rings is 1. The van der Waals surface area contributed by atoms with Crippen molar-refractivity contribution in [2.24, 2.45) is 0 Å². The fraction of sp³-hybridized carbons (Fsp3) is 0.500. The number of amides is 1. The van der Waals surface area contributed by atoms with Crippen LogP contribution in [0.15, 0.2) is 18.6 Å². The minimum absolute atomic E-state index is 0.152. The second-order valence-electron chi connectivity index (χ2n) is 5.13. The van der Waals surface area contributed by atoms with Crippen LogP contribution in [0, 0.1) is 0 Å². The third-order valence-electron chi connectivity index (χ3n) is 3.70. The van der Waals surface area contributed by atoms with Gasteiger partial charge in [0.25, 0.3) is 5.91 Å². The maximum Gasteiger partial charge on any atom is 0.260 e. The highest BCUT2D eigenvalue weighted by molar-refractivity contribution is 7.15. The lowest BCUT2D eigenvalue weighted by Crippen LogP contribution is -2.26. The third kappa shape index (κ3) is 3.30. The Morgan fingerprint density at radius 3 is 3.00 bits per heavy atom. The zero-order chi connectivity index (χ0) is 14.7. The van der Waals surface area contributed by atoms with Crippen LogP contribution in [-0.4, -0.2) is 33.8 Å². The van der Waals surface area contributed by atoms with E-state index in [9.17, 15) is 4.79 Å². The summed E-state index contributed by atoms with van der Waals surface area (Å²) in [6.45, 7) is 4.85. The molecule has 7 heteroatoms. The first-order chi connectivity index (χ1) is 10.3. The topological polar surface area (TPSA) is 71.8 Å². The van der Waals surface area contributed by atoms with Crippen LogP contribution >= 0.6 is 11.3 Å². The van der Waals surface area contributed by atoms with Gasteiger partial charge in [-0.15, -0.1) is 11.3 Å². The number of aryl methyl sites for hydroxylation is 1. The van der Waals surface area contributed by atoms with Gasteiger partial charge in [-0.25, -0.2) is 4.98 Å². The Balaban J connectivity index is 1.64. The van der Waals surface area contributed by atoms with E-state index in [-0.39, 0.29) is 5.91 Å². The molecule has 1 aliphatic heterocycles. The van der Waals surface area contributed by atoms with Crippen LogP contribution in [0.2, 0.25) is 0 Å². The largest absolute Gasteiger partial charge is 0.317 e. The molecular weight excluding hydrogens is 286 g/mol. The molecule has 0 bridgehead atoms. The molecule has 3 rings (SSSR count). The molecule has 0 saturated carbocycles. The summed E-state index contributed by atoms with van der Waals surface area (Å²) in [6.07, 6.45) is 7.50. The zero-order valence-electron chi connectivity index (χ0n) is 12.0. The summed E-state index contributed by atoms with van der Waals surface area (Å²) in [5.74, 6) is 0.415. The van der Waals surface area contributed by atoms with Gasteiger partial charge in [-0.05, 0) is 38.8 Å². The van der Waals surface area contributed by atoms with Gasteiger partial charge in [0.05, 0.1) is 11.8 Å². The van der Waals surface area contributed by atoms with Crippen LogP contribution < -0.4 is 10.6 Å². The second-order valence-corrected chi connectivity index (χ2v) is 6.19. The van der Waals surface area contributed by atoms with Crippen molar-refractivity contribution in [1.82, 2.24) is 20.1 Å². The second kappa shape index (κ2) is 6.36. The van der Waals surface area contributed by atoms with Gasteiger partial charge in [-0.1, -0.05) is 0 Å². The monoisotopic (exact) mass is 305 g/mol. The Hall–Kier alpha value is -1.73. The number of carbonyl (C=O) groups excluding carboxylic acids is 1. The molecule has 1 amide bonds. The van der Waals surface area contributed by atoms with E-state index in [1.165, 1.54) is 4.88 Å². The van der Waals surface area contributed by atoms with Crippen molar-refractivity contribution in [2.45, 2.75) is 32.2 Å². The quantitative estimate of drug-likeness (QED) is 0.907. The zero-order valence-corrected chi connectivity index (χ0v) is 12.8. The van der Waals surface area contributed by atoms with E-state index in [1.54, 1.807) is 28.4 Å². The maximum atomic E-state index is 12.1. The fourth-order valence-corrected chi connectivity index (χ4v) is 3.44. The van der Waals surface area contributed by atoms with Gasteiger partial charge >= 0.3 is 0 Å². The molecule has 112 valence electrons. The average molecular weight is 305 g/mol. The lowest BCUT2D eigenvalue weighted by atomic mass is 9.97. The van der Waals surface area contributed by atoms with Crippen LogP contribution in [0.5, 0.6) is 0 Å². The molecule has 0 unspecified atom stereocenters. The van der Waals surface area contributed by atoms with Crippen molar-refractivity contribution in [3.63, 3.8) is 0 Å². The summed E-state index contributed by atoms with van der Waals surface area (Å²) in [7, 11) is 0. The molecule has 6 nitrogen and oxygen atoms in total. The first-order valence-corrected chi connectivity index (χ1v) is 8.08. The summed E-state index contributed by atoms with van der Waals surface area (Å²) in [4.78, 5) is 17.7. The van der Waals surface area contributed by atoms with Crippen molar-refractivity contribution in [3.05, 3.63) is 29.0 Å². The molecule has 1 aliphatic rings. The Morgan fingerprint density at radius 2 is 2.29 bits per heavy atom. The highest BCUT2D eigenvalue weighted by Gasteiger charge is 2.18. The van der Waals surface area contributed by atoms with Crippen molar-refractivity contribution in [2.75, 3.05) is 18.4 Å². The molecule has 2 aromatic rings. The van der Waals surface area contributed by atoms with E-state index in [2.05, 4.69) is 20.7 Å². The summed E-state index contributed by atoms with van der Waals surface area (Å²) in [5, 5.41) is 11.0. The summed E-state index contributed by atoms with van der Waals surface area (Å²) < 4.78 is 1.73. The lowest BCUT2D eigenvalue weighted by Gasteiger charge is -2.20. The number of hydrogen-bond donors (Lipinski definition) is 2. The van der Waals surface area contributed by atoms with Gasteiger partial charge in [-0.3, -0.25) is 14.8 Å². The number of aromatic nitrogens is 3. The van der Waals surface area contributed by atoms with Gasteiger partial charge in [0.2, 0.25) is 0 Å². The van der Waals surface area contributed by atoms with Gasteiger partial charge in [-0.2, -0.15) is 5.10 Å². The first kappa shape index (κ1) is 14.2.